The van der Waals surface area contributed by atoms with E-state index in [1.165, 1.54) is 19.6 Å². The van der Waals surface area contributed by atoms with Crippen LogP contribution in [-0.2, 0) is 69.8 Å². The molecule has 0 aliphatic heterocycles. The fraction of sp³-hybridized carbons (Fsp3) is 0.696. The van der Waals surface area contributed by atoms with Gasteiger partial charge >= 0.3 is 23.9 Å². The minimum atomic E-state index is -3.88. The van der Waals surface area contributed by atoms with E-state index in [0.717, 1.165) is 38.5 Å². The number of nitrogens with zero attached hydrogens (tertiary/aromatic N) is 8. The van der Waals surface area contributed by atoms with Gasteiger partial charge in [-0.2, -0.15) is 0 Å². The molecule has 428 valence electrons. The summed E-state index contributed by atoms with van der Waals surface area (Å²) in [5, 5.41) is 8.27. The first-order chi connectivity index (χ1) is 35.2. The van der Waals surface area contributed by atoms with Crippen molar-refractivity contribution in [1.29, 1.82) is 0 Å². The van der Waals surface area contributed by atoms with E-state index in [2.05, 4.69) is 45.2 Å². The molecule has 4 heterocycles. The predicted octanol–water partition coefficient (Wildman–Crippen LogP) is 4.49. The lowest BCUT2D eigenvalue weighted by Crippen LogP contribution is -2.42. The molecule has 8 atom stereocenters. The number of esters is 4. The summed E-state index contributed by atoms with van der Waals surface area (Å²) in [5.74, 6) is -1.08. The first-order valence-corrected chi connectivity index (χ1v) is 28.8. The molecule has 6 rings (SSSR count). The average Bonchev–Trinajstić information content (AvgIpc) is 3.89. The zero-order valence-corrected chi connectivity index (χ0v) is 47.6. The number of halogens is 1. The lowest BCUT2D eigenvalue weighted by molar-refractivity contribution is -0.155. The van der Waals surface area contributed by atoms with Gasteiger partial charge in [-0.3, -0.25) is 28.3 Å². The second-order valence-corrected chi connectivity index (χ2v) is 23.7. The number of nitrogens with one attached hydrogen (secondary N) is 3. The van der Waals surface area contributed by atoms with Crippen molar-refractivity contribution in [1.82, 2.24) is 54.3 Å². The number of ether oxygens (including phenoxy) is 6. The molecule has 0 amide bonds. The van der Waals surface area contributed by atoms with Crippen molar-refractivity contribution in [3.63, 3.8) is 0 Å². The van der Waals surface area contributed by atoms with Gasteiger partial charge in [0.05, 0.1) is 63.0 Å². The van der Waals surface area contributed by atoms with Crippen LogP contribution in [-0.4, -0.2) is 141 Å². The van der Waals surface area contributed by atoms with Gasteiger partial charge in [0, 0.05) is 12.1 Å². The molecule has 76 heavy (non-hydrogen) atoms. The summed E-state index contributed by atoms with van der Waals surface area (Å²) in [5.41, 5.74) is 19.1. The first kappa shape index (κ1) is 65.3. The van der Waals surface area contributed by atoms with Crippen molar-refractivity contribution in [2.75, 3.05) is 24.2 Å². The van der Waals surface area contributed by atoms with Gasteiger partial charge in [-0.05, 0) is 108 Å². The number of rotatable bonds is 26. The van der Waals surface area contributed by atoms with Gasteiger partial charge in [0.2, 0.25) is 7.44 Å². The maximum atomic E-state index is 13.9. The molecule has 0 spiro atoms. The highest BCUT2D eigenvalue weighted by molar-refractivity contribution is 7.59. The van der Waals surface area contributed by atoms with Gasteiger partial charge in [0.25, 0.3) is 7.52 Å². The fourth-order valence-electron chi connectivity index (χ4n) is 7.10. The molecule has 0 saturated heterocycles. The second-order valence-electron chi connectivity index (χ2n) is 19.5. The highest BCUT2D eigenvalue weighted by atomic mass is 35.5. The standard InChI is InChI=1S/C23H38N7O6P.C16H25N6O5P.C7H15NO2.ClH/c1-14(2)35-19(31)9-15(3)28-37(33,29-17(5)23(32)36-18-7-6-8-18)13-34-16(4)10-30-12-27-20-21(24)25-11-26-22(20)30;1-10(6-22-8-20-13-14(17)18-7-19-15(13)22)26-9-28(24,25)21-11(2)16(23)27-12-4-3-5-12;1-5(2)10-7(9)4-6(3)8;/h11-12,14-18H,6-10,13H2,1-5H3,(H2,24,25,26)(H2,28,29,33);7-8,10-12H,3-6,9H2,1-2H3,(H2,17,18,19)(H2,21,24,25);5-6H,4,8H2,1-3H3;1H/t15-,16-,17-,37?;10-,11-;6-;/m111./s1. The largest absolute Gasteiger partial charge is 0.463 e. The number of carbonyl (C=O) groups excluding carboxylic acids is 4. The number of fused-ring (bicyclic) bond motifs is 2. The highest BCUT2D eigenvalue weighted by Crippen LogP contribution is 2.39. The molecule has 30 heteroatoms. The van der Waals surface area contributed by atoms with Crippen LogP contribution in [0.25, 0.3) is 22.3 Å². The van der Waals surface area contributed by atoms with Crippen molar-refractivity contribution in [3.8, 4) is 0 Å². The molecule has 0 aromatic carbocycles. The van der Waals surface area contributed by atoms with Gasteiger partial charge in [0.15, 0.2) is 22.9 Å². The molecule has 0 radical (unpaired) electrons. The molecular formula is C46H79ClN14O13P2. The number of imidazole rings is 2. The average molecular weight is 1130 g/mol. The third kappa shape index (κ3) is 22.2. The normalized spacial score (nSPS) is 17.6. The number of hydrogen-bond donors (Lipinski definition) is 7. The Morgan fingerprint density at radius 2 is 1.07 bits per heavy atom. The molecule has 4 aromatic rings. The van der Waals surface area contributed by atoms with E-state index in [4.69, 9.17) is 45.6 Å². The molecule has 27 nitrogen and oxygen atoms in total. The number of anilines is 2. The Morgan fingerprint density at radius 3 is 1.47 bits per heavy atom. The van der Waals surface area contributed by atoms with E-state index >= 15 is 0 Å². The van der Waals surface area contributed by atoms with Gasteiger partial charge in [-0.15, -0.1) is 12.4 Å². The molecule has 0 bridgehead atoms. The number of aromatic nitrogens is 8. The lowest BCUT2D eigenvalue weighted by atomic mass is 9.96. The molecule has 2 aliphatic rings. The molecule has 10 N–H and O–H groups in total. The third-order valence-electron chi connectivity index (χ3n) is 11.1. The maximum Gasteiger partial charge on any atom is 0.323 e. The summed E-state index contributed by atoms with van der Waals surface area (Å²) in [7, 11) is -7.39. The first-order valence-electron chi connectivity index (χ1n) is 25.1. The van der Waals surface area contributed by atoms with Crippen LogP contribution in [0, 0.1) is 0 Å². The van der Waals surface area contributed by atoms with Crippen LogP contribution in [0.1, 0.15) is 121 Å². The SMILES string of the molecule is CC(C)OC(=O)C[C@@H](C)N.CC(C)OC(=O)C[C@@H](C)NP(=O)(CO[C@H](C)Cn1cnc2c(N)ncnc21)N[C@H](C)C(=O)OC1CCC1.C[C@H](Cn1cnc2c(N)ncnc21)OCP(=O)(O)N[C@H](C)C(=O)OC1CCC1.Cl. The summed E-state index contributed by atoms with van der Waals surface area (Å²) >= 11 is 0. The van der Waals surface area contributed by atoms with Gasteiger partial charge in [-0.25, -0.2) is 45.2 Å². The van der Waals surface area contributed by atoms with Crippen LogP contribution in [0.15, 0.2) is 25.3 Å². The van der Waals surface area contributed by atoms with Crippen LogP contribution in [0.5, 0.6) is 0 Å². The van der Waals surface area contributed by atoms with E-state index in [9.17, 15) is 33.2 Å². The van der Waals surface area contributed by atoms with Crippen molar-refractivity contribution in [2.45, 2.75) is 194 Å². The second kappa shape index (κ2) is 30.8. The Bertz CT molecular complexity index is 2570. The zero-order chi connectivity index (χ0) is 55.6. The fourth-order valence-corrected chi connectivity index (χ4v) is 10.6. The van der Waals surface area contributed by atoms with Crippen LogP contribution in [0.3, 0.4) is 0 Å². The van der Waals surface area contributed by atoms with Crippen LogP contribution < -0.4 is 32.5 Å². The van der Waals surface area contributed by atoms with Crippen molar-refractivity contribution < 1.29 is 61.6 Å². The van der Waals surface area contributed by atoms with Crippen LogP contribution in [0.4, 0.5) is 11.6 Å². The van der Waals surface area contributed by atoms with Gasteiger partial charge < -0.3 is 59.6 Å². The lowest BCUT2D eigenvalue weighted by Gasteiger charge is -2.30. The zero-order valence-electron chi connectivity index (χ0n) is 45.0. The van der Waals surface area contributed by atoms with E-state index in [1.54, 1.807) is 63.3 Å². The van der Waals surface area contributed by atoms with Crippen molar-refractivity contribution >= 4 is 85.2 Å². The quantitative estimate of drug-likeness (QED) is 0.0259. The van der Waals surface area contributed by atoms with Crippen LogP contribution in [0.2, 0.25) is 0 Å². The smallest absolute Gasteiger partial charge is 0.323 e. The van der Waals surface area contributed by atoms with E-state index in [1.807, 2.05) is 20.8 Å². The Labute approximate surface area is 449 Å². The van der Waals surface area contributed by atoms with E-state index < -0.39 is 69.6 Å². The summed E-state index contributed by atoms with van der Waals surface area (Å²) in [6, 6.07) is -2.35. The summed E-state index contributed by atoms with van der Waals surface area (Å²) in [6.07, 6.45) is 9.64. The van der Waals surface area contributed by atoms with Crippen molar-refractivity contribution in [3.05, 3.63) is 25.3 Å². The number of carbonyl (C=O) groups is 4. The number of hydrogen-bond acceptors (Lipinski definition) is 21. The monoisotopic (exact) mass is 1130 g/mol. The van der Waals surface area contributed by atoms with Crippen LogP contribution >= 0.6 is 27.4 Å². The van der Waals surface area contributed by atoms with E-state index in [0.29, 0.717) is 41.8 Å². The Kier molecular flexibility index (Phi) is 26.5. The topological polar surface area (TPSA) is 379 Å². The number of nitrogens with two attached hydrogens (primary N) is 3. The highest BCUT2D eigenvalue weighted by Gasteiger charge is 2.34. The van der Waals surface area contributed by atoms with Crippen molar-refractivity contribution in [2.24, 2.45) is 5.73 Å². The predicted molar refractivity (Wildman–Crippen MR) is 286 cm³/mol. The third-order valence-corrected chi connectivity index (χ3v) is 14.6. The summed E-state index contributed by atoms with van der Waals surface area (Å²) in [4.78, 5) is 82.0. The summed E-state index contributed by atoms with van der Waals surface area (Å²) in [6.45, 7) is 18.0. The molecule has 2 saturated carbocycles. The van der Waals surface area contributed by atoms with E-state index in [-0.39, 0.29) is 73.2 Å². The summed E-state index contributed by atoms with van der Waals surface area (Å²) < 4.78 is 61.9. The minimum absolute atomic E-state index is 0. The van der Waals surface area contributed by atoms with Gasteiger partial charge in [0.1, 0.15) is 60.7 Å². The molecule has 2 fully saturated rings. The molecule has 4 aromatic heterocycles. The molecule has 2 unspecified atom stereocenters. The Hall–Kier alpha value is -4.95. The molecular weight excluding hydrogens is 1050 g/mol. The molecule has 2 aliphatic carbocycles. The number of nitrogen functional groups attached to an aromatic ring is 2. The Balaban J connectivity index is 0.000000343. The minimum Gasteiger partial charge on any atom is -0.463 e. The maximum absolute atomic E-state index is 13.9. The Morgan fingerprint density at radius 1 is 0.645 bits per heavy atom. The van der Waals surface area contributed by atoms with Gasteiger partial charge in [-0.1, -0.05) is 0 Å².